The van der Waals surface area contributed by atoms with Crippen molar-refractivity contribution in [1.82, 2.24) is 10.2 Å². The Morgan fingerprint density at radius 1 is 1.03 bits per heavy atom. The molecule has 0 radical (unpaired) electrons. The van der Waals surface area contributed by atoms with Gasteiger partial charge in [-0.1, -0.05) is 12.1 Å². The van der Waals surface area contributed by atoms with Gasteiger partial charge in [0.1, 0.15) is 12.4 Å². The Hall–Kier alpha value is -2.26. The Morgan fingerprint density at radius 2 is 1.74 bits per heavy atom. The maximum absolute atomic E-state index is 13.0. The molecule has 2 aliphatic rings. The molecular weight excluding hydrogens is 387 g/mol. The summed E-state index contributed by atoms with van der Waals surface area (Å²) < 4.78 is 5.78. The molecule has 4 rings (SSSR count). The Labute approximate surface area is 196 Å². The van der Waals surface area contributed by atoms with E-state index in [2.05, 4.69) is 5.32 Å². The first-order valence-corrected chi connectivity index (χ1v) is 10.7. The van der Waals surface area contributed by atoms with Gasteiger partial charge < -0.3 is 21.5 Å². The van der Waals surface area contributed by atoms with Crippen LogP contribution in [0.3, 0.4) is 0 Å². The van der Waals surface area contributed by atoms with Gasteiger partial charge in [-0.2, -0.15) is 0 Å². The third-order valence-electron chi connectivity index (χ3n) is 6.06. The van der Waals surface area contributed by atoms with E-state index in [-0.39, 0.29) is 31.8 Å². The third kappa shape index (κ3) is 5.91. The van der Waals surface area contributed by atoms with E-state index in [1.165, 1.54) is 12.8 Å². The van der Waals surface area contributed by atoms with Crippen LogP contribution >= 0.6 is 0 Å². The van der Waals surface area contributed by atoms with E-state index >= 15 is 0 Å². The Morgan fingerprint density at radius 3 is 2.39 bits per heavy atom. The monoisotopic (exact) mass is 416 g/mol. The van der Waals surface area contributed by atoms with Crippen LogP contribution in [0.1, 0.15) is 59.8 Å². The Bertz CT molecular complexity index is 886. The number of carbonyl (C=O) groups is 2. The van der Waals surface area contributed by atoms with E-state index in [1.807, 2.05) is 29.2 Å². The molecule has 31 heavy (non-hydrogen) atoms. The predicted molar refractivity (Wildman–Crippen MR) is 115 cm³/mol. The van der Waals surface area contributed by atoms with Crippen LogP contribution in [0.2, 0.25) is 0 Å². The summed E-state index contributed by atoms with van der Waals surface area (Å²) in [6, 6.07) is 14.8. The van der Waals surface area contributed by atoms with Crippen molar-refractivity contribution < 1.29 is 39.7 Å². The summed E-state index contributed by atoms with van der Waals surface area (Å²) in [6.07, 6.45) is 5.66. The molecule has 2 aromatic carbocycles. The van der Waals surface area contributed by atoms with Gasteiger partial charge in [0.05, 0.1) is 5.56 Å². The molecule has 2 N–H and O–H groups in total. The molecule has 6 nitrogen and oxygen atoms in total. The van der Waals surface area contributed by atoms with E-state index in [0.717, 1.165) is 37.9 Å². The minimum absolute atomic E-state index is 0. The zero-order valence-electron chi connectivity index (χ0n) is 19.0. The molecule has 0 bridgehead atoms. The number of nitrogens with one attached hydrogen (secondary N) is 1. The van der Waals surface area contributed by atoms with Crippen LogP contribution in [-0.4, -0.2) is 47.1 Å². The minimum atomic E-state index is -0.942. The number of carbonyl (C=O) groups excluding carboxylic acids is 1. The second-order valence-electron chi connectivity index (χ2n) is 8.14. The van der Waals surface area contributed by atoms with Gasteiger partial charge >= 0.3 is 24.8 Å². The average Bonchev–Trinajstić information content (AvgIpc) is 3.45. The topological polar surface area (TPSA) is 78.9 Å². The molecule has 1 unspecified atom stereocenters. The van der Waals surface area contributed by atoms with E-state index < -0.39 is 5.97 Å². The normalized spacial score (nSPS) is 20.3. The largest absolute Gasteiger partial charge is 1.00 e. The summed E-state index contributed by atoms with van der Waals surface area (Å²) in [4.78, 5) is 26.0. The van der Waals surface area contributed by atoms with Gasteiger partial charge in [-0.05, 0) is 80.6 Å². The van der Waals surface area contributed by atoms with Gasteiger partial charge in [0.15, 0.2) is 0 Å². The van der Waals surface area contributed by atoms with Crippen LogP contribution in [0.4, 0.5) is 0 Å². The van der Waals surface area contributed by atoms with Crippen LogP contribution in [0.5, 0.6) is 5.75 Å². The second kappa shape index (κ2) is 10.9. The molecule has 0 aliphatic carbocycles. The van der Waals surface area contributed by atoms with E-state index in [1.54, 1.807) is 24.3 Å². The summed E-state index contributed by atoms with van der Waals surface area (Å²) in [6.45, 7) is 2.27. The molecule has 2 atom stereocenters. The fourth-order valence-corrected chi connectivity index (χ4v) is 4.40. The van der Waals surface area contributed by atoms with Crippen molar-refractivity contribution in [1.29, 1.82) is 0 Å². The first-order valence-electron chi connectivity index (χ1n) is 10.7. The number of amides is 1. The van der Waals surface area contributed by atoms with Crippen LogP contribution in [-0.2, 0) is 6.61 Å². The Balaban J connectivity index is 0.00000181. The van der Waals surface area contributed by atoms with E-state index in [0.29, 0.717) is 30.0 Å². The van der Waals surface area contributed by atoms with Crippen molar-refractivity contribution in [2.24, 2.45) is 0 Å². The molecule has 160 valence electrons. The number of rotatable bonds is 7. The number of hydrogen-bond donors (Lipinski definition) is 2. The molecule has 2 aromatic rings. The number of carboxylic acids is 1. The van der Waals surface area contributed by atoms with Crippen LogP contribution in [0.25, 0.3) is 0 Å². The van der Waals surface area contributed by atoms with Gasteiger partial charge in [-0.25, -0.2) is 4.79 Å². The molecule has 2 heterocycles. The second-order valence-corrected chi connectivity index (χ2v) is 8.14. The van der Waals surface area contributed by atoms with Crippen molar-refractivity contribution in [2.45, 2.75) is 50.8 Å². The first-order chi connectivity index (χ1) is 14.6. The number of nitrogens with zero attached hydrogens (tertiary/aromatic N) is 1. The molecule has 2 aliphatic heterocycles. The molecule has 0 spiro atoms. The number of ether oxygens (including phenoxy) is 1. The summed E-state index contributed by atoms with van der Waals surface area (Å²) in [5, 5.41) is 12.5. The van der Waals surface area contributed by atoms with Crippen LogP contribution < -0.4 is 28.9 Å². The van der Waals surface area contributed by atoms with Gasteiger partial charge in [0, 0.05) is 24.2 Å². The number of carboxylic acid groups (broad SMARTS) is 1. The summed E-state index contributed by atoms with van der Waals surface area (Å²) in [7, 11) is 0. The van der Waals surface area contributed by atoms with Crippen molar-refractivity contribution in [3.05, 3.63) is 65.2 Å². The zero-order valence-corrected chi connectivity index (χ0v) is 18.0. The SMILES string of the molecule is O=C(O)c1ccc(COc2ccc(C(=O)N3CCCC3C[C@@H]3CCCN3)cc2)cc1.[H-].[Li+]. The molecule has 0 saturated carbocycles. The first kappa shape index (κ1) is 23.4. The van der Waals surface area contributed by atoms with Gasteiger partial charge in [0.2, 0.25) is 0 Å². The van der Waals surface area contributed by atoms with Gasteiger partial charge in [-0.3, -0.25) is 4.79 Å². The average molecular weight is 416 g/mol. The van der Waals surface area contributed by atoms with Crippen LogP contribution in [0.15, 0.2) is 48.5 Å². The minimum Gasteiger partial charge on any atom is -1.00 e. The van der Waals surface area contributed by atoms with Crippen molar-refractivity contribution in [3.8, 4) is 5.75 Å². The number of benzene rings is 2. The number of likely N-dealkylation sites (tertiary alicyclic amines) is 1. The molecule has 1 amide bonds. The maximum atomic E-state index is 13.0. The van der Waals surface area contributed by atoms with Crippen molar-refractivity contribution >= 4 is 11.9 Å². The standard InChI is InChI=1S/C24H28N2O4.Li.H/c27-23(26-14-2-4-21(26)15-20-3-1-13-25-20)18-9-11-22(12-10-18)30-16-17-5-7-19(8-6-17)24(28)29;;/h5-12,20-21,25H,1-4,13-16H2,(H,28,29);;/q;+1;-1/t20-,21?;;/m0../s1. The van der Waals surface area contributed by atoms with E-state index in [9.17, 15) is 9.59 Å². The number of aromatic carboxylic acids is 1. The van der Waals surface area contributed by atoms with Gasteiger partial charge in [-0.15, -0.1) is 0 Å². The molecule has 2 fully saturated rings. The Kier molecular flexibility index (Phi) is 8.20. The fourth-order valence-electron chi connectivity index (χ4n) is 4.40. The molecular formula is C24H29LiN2O4. The zero-order chi connectivity index (χ0) is 20.9. The summed E-state index contributed by atoms with van der Waals surface area (Å²) >= 11 is 0. The summed E-state index contributed by atoms with van der Waals surface area (Å²) in [5.74, 6) is -0.157. The molecule has 0 aromatic heterocycles. The smallest absolute Gasteiger partial charge is 1.00 e. The molecule has 7 heteroatoms. The number of hydrogen-bond acceptors (Lipinski definition) is 4. The fraction of sp³-hybridized carbons (Fsp3) is 0.417. The maximum Gasteiger partial charge on any atom is 1.00 e. The quantitative estimate of drug-likeness (QED) is 0.654. The summed E-state index contributed by atoms with van der Waals surface area (Å²) in [5.41, 5.74) is 1.84. The van der Waals surface area contributed by atoms with Crippen molar-refractivity contribution in [2.75, 3.05) is 13.1 Å². The molecule has 2 saturated heterocycles. The third-order valence-corrected chi connectivity index (χ3v) is 6.06. The van der Waals surface area contributed by atoms with Crippen LogP contribution in [0, 0.1) is 0 Å². The van der Waals surface area contributed by atoms with Crippen molar-refractivity contribution in [3.63, 3.8) is 0 Å². The van der Waals surface area contributed by atoms with E-state index in [4.69, 9.17) is 9.84 Å². The predicted octanol–water partition coefficient (Wildman–Crippen LogP) is 0.827. The van der Waals surface area contributed by atoms with Gasteiger partial charge in [0.25, 0.3) is 5.91 Å².